The van der Waals surface area contributed by atoms with E-state index in [4.69, 9.17) is 30.2 Å². The third-order valence-corrected chi connectivity index (χ3v) is 4.91. The Morgan fingerprint density at radius 1 is 1.17 bits per heavy atom. The molecule has 1 heterocycles. The number of esters is 1. The summed E-state index contributed by atoms with van der Waals surface area (Å²) in [4.78, 5) is 24.6. The van der Waals surface area contributed by atoms with Crippen molar-refractivity contribution < 1.29 is 23.4 Å². The fourth-order valence-electron chi connectivity index (χ4n) is 2.79. The van der Waals surface area contributed by atoms with Crippen LogP contribution in [0.2, 0.25) is 5.02 Å². The molecule has 0 aliphatic carbocycles. The monoisotopic (exact) mass is 494 g/mol. The van der Waals surface area contributed by atoms with E-state index in [2.05, 4.69) is 15.9 Å². The quantitative estimate of drug-likeness (QED) is 0.429. The number of hydrogen-bond acceptors (Lipinski definition) is 6. The average molecular weight is 496 g/mol. The second kappa shape index (κ2) is 8.70. The van der Waals surface area contributed by atoms with E-state index in [1.54, 1.807) is 51.1 Å². The lowest BCUT2D eigenvalue weighted by molar-refractivity contribution is -0.157. The molecule has 3 rings (SSSR count). The number of hydrogen-bond donors (Lipinski definition) is 0. The predicted octanol–water partition coefficient (Wildman–Crippen LogP) is 5.61. The molecule has 3 aromatic rings. The SMILES string of the molecule is COc1cc(Br)c(OCC(=O)OC(C)(C)C)cc1-c1cc(=O)c2cccc(Cl)c2o1. The van der Waals surface area contributed by atoms with Gasteiger partial charge < -0.3 is 18.6 Å². The first-order chi connectivity index (χ1) is 14.1. The van der Waals surface area contributed by atoms with Crippen LogP contribution in [0.25, 0.3) is 22.3 Å². The molecule has 0 saturated heterocycles. The molecule has 8 heteroatoms. The molecule has 0 N–H and O–H groups in total. The van der Waals surface area contributed by atoms with E-state index in [9.17, 15) is 9.59 Å². The van der Waals surface area contributed by atoms with Crippen molar-refractivity contribution in [2.75, 3.05) is 13.7 Å². The lowest BCUT2D eigenvalue weighted by atomic mass is 10.1. The van der Waals surface area contributed by atoms with Gasteiger partial charge in [0, 0.05) is 6.07 Å². The van der Waals surface area contributed by atoms with Gasteiger partial charge in [-0.2, -0.15) is 0 Å². The zero-order chi connectivity index (χ0) is 22.1. The van der Waals surface area contributed by atoms with Gasteiger partial charge in [-0.15, -0.1) is 0 Å². The number of halogens is 2. The first kappa shape index (κ1) is 22.2. The lowest BCUT2D eigenvalue weighted by Gasteiger charge is -2.20. The van der Waals surface area contributed by atoms with Crippen LogP contribution in [0.3, 0.4) is 0 Å². The maximum absolute atomic E-state index is 12.6. The Bertz CT molecular complexity index is 1160. The van der Waals surface area contributed by atoms with Gasteiger partial charge in [0.2, 0.25) is 0 Å². The van der Waals surface area contributed by atoms with Gasteiger partial charge in [-0.1, -0.05) is 17.7 Å². The maximum Gasteiger partial charge on any atom is 0.344 e. The fraction of sp³-hybridized carbons (Fsp3) is 0.273. The van der Waals surface area contributed by atoms with Crippen molar-refractivity contribution in [3.05, 3.63) is 56.1 Å². The summed E-state index contributed by atoms with van der Waals surface area (Å²) in [5.41, 5.74) is -0.104. The van der Waals surface area contributed by atoms with Crippen LogP contribution in [0.4, 0.5) is 0 Å². The Morgan fingerprint density at radius 2 is 1.90 bits per heavy atom. The largest absolute Gasteiger partial charge is 0.496 e. The van der Waals surface area contributed by atoms with Gasteiger partial charge in [-0.3, -0.25) is 4.79 Å². The summed E-state index contributed by atoms with van der Waals surface area (Å²) in [5.74, 6) is 0.558. The number of carbonyl (C=O) groups excluding carboxylic acids is 1. The van der Waals surface area contributed by atoms with E-state index in [1.165, 1.54) is 13.2 Å². The minimum Gasteiger partial charge on any atom is -0.496 e. The Hall–Kier alpha value is -2.51. The van der Waals surface area contributed by atoms with E-state index < -0.39 is 11.6 Å². The van der Waals surface area contributed by atoms with Crippen LogP contribution in [-0.2, 0) is 9.53 Å². The zero-order valence-corrected chi connectivity index (χ0v) is 19.2. The molecular formula is C22H20BrClO6. The number of benzene rings is 2. The minimum atomic E-state index is -0.615. The molecule has 0 spiro atoms. The van der Waals surface area contributed by atoms with Crippen LogP contribution >= 0.6 is 27.5 Å². The van der Waals surface area contributed by atoms with Crippen LogP contribution in [-0.4, -0.2) is 25.3 Å². The molecule has 0 bridgehead atoms. The summed E-state index contributed by atoms with van der Waals surface area (Å²) in [6.45, 7) is 5.05. The highest BCUT2D eigenvalue weighted by Crippen LogP contribution is 2.39. The standard InChI is InChI=1S/C22H20BrClO6/c1-22(2,3)30-20(26)11-28-19-8-13(17(27-4)9-14(19)23)18-10-16(25)12-6-5-7-15(24)21(12)29-18/h5-10H,11H2,1-4H3. The van der Waals surface area contributed by atoms with Gasteiger partial charge in [-0.05, 0) is 61.0 Å². The predicted molar refractivity (Wildman–Crippen MR) is 119 cm³/mol. The molecule has 0 saturated carbocycles. The summed E-state index contributed by atoms with van der Waals surface area (Å²) in [7, 11) is 1.50. The smallest absolute Gasteiger partial charge is 0.344 e. The van der Waals surface area contributed by atoms with Crippen LogP contribution in [0.1, 0.15) is 20.8 Å². The Kier molecular flexibility index (Phi) is 6.43. The van der Waals surface area contributed by atoms with Gasteiger partial charge in [0.05, 0.1) is 27.6 Å². The van der Waals surface area contributed by atoms with Crippen LogP contribution in [0.15, 0.2) is 50.1 Å². The first-order valence-corrected chi connectivity index (χ1v) is 10.2. The van der Waals surface area contributed by atoms with E-state index in [-0.39, 0.29) is 23.4 Å². The maximum atomic E-state index is 12.6. The molecule has 0 amide bonds. The highest BCUT2D eigenvalue weighted by molar-refractivity contribution is 9.10. The number of rotatable bonds is 5. The first-order valence-electron chi connectivity index (χ1n) is 9.04. The molecule has 30 heavy (non-hydrogen) atoms. The van der Waals surface area contributed by atoms with E-state index >= 15 is 0 Å². The Balaban J connectivity index is 2.02. The van der Waals surface area contributed by atoms with Gasteiger partial charge in [-0.25, -0.2) is 4.79 Å². The second-order valence-electron chi connectivity index (χ2n) is 7.45. The molecular weight excluding hydrogens is 476 g/mol. The van der Waals surface area contributed by atoms with Crippen molar-refractivity contribution in [1.29, 1.82) is 0 Å². The van der Waals surface area contributed by atoms with Gasteiger partial charge in [0.15, 0.2) is 17.6 Å². The van der Waals surface area contributed by atoms with Gasteiger partial charge in [0.25, 0.3) is 0 Å². The molecule has 0 fully saturated rings. The fourth-order valence-corrected chi connectivity index (χ4v) is 3.44. The normalized spacial score (nSPS) is 11.4. The number of fused-ring (bicyclic) bond motifs is 1. The Labute approximate surface area is 186 Å². The lowest BCUT2D eigenvalue weighted by Crippen LogP contribution is -2.27. The molecule has 6 nitrogen and oxygen atoms in total. The van der Waals surface area contributed by atoms with Crippen molar-refractivity contribution in [2.45, 2.75) is 26.4 Å². The van der Waals surface area contributed by atoms with E-state index in [0.29, 0.717) is 31.9 Å². The van der Waals surface area contributed by atoms with Crippen molar-refractivity contribution in [2.24, 2.45) is 0 Å². The zero-order valence-electron chi connectivity index (χ0n) is 16.9. The Morgan fingerprint density at radius 3 is 2.57 bits per heavy atom. The highest BCUT2D eigenvalue weighted by Gasteiger charge is 2.19. The van der Waals surface area contributed by atoms with Crippen LogP contribution in [0.5, 0.6) is 11.5 Å². The molecule has 0 aliphatic rings. The third kappa shape index (κ3) is 4.96. The van der Waals surface area contributed by atoms with Crippen LogP contribution in [0, 0.1) is 0 Å². The van der Waals surface area contributed by atoms with Crippen molar-refractivity contribution in [3.63, 3.8) is 0 Å². The number of methoxy groups -OCH3 is 1. The molecule has 0 unspecified atom stereocenters. The van der Waals surface area contributed by atoms with Crippen molar-refractivity contribution in [1.82, 2.24) is 0 Å². The summed E-state index contributed by atoms with van der Waals surface area (Å²) in [6.07, 6.45) is 0. The summed E-state index contributed by atoms with van der Waals surface area (Å²) < 4.78 is 22.8. The topological polar surface area (TPSA) is 75.0 Å². The molecule has 1 aromatic heterocycles. The van der Waals surface area contributed by atoms with E-state index in [1.807, 2.05) is 0 Å². The van der Waals surface area contributed by atoms with Crippen molar-refractivity contribution in [3.8, 4) is 22.8 Å². The molecule has 0 atom stereocenters. The van der Waals surface area contributed by atoms with Crippen molar-refractivity contribution >= 4 is 44.5 Å². The molecule has 2 aromatic carbocycles. The molecule has 0 radical (unpaired) electrons. The van der Waals surface area contributed by atoms with Gasteiger partial charge in [0.1, 0.15) is 22.9 Å². The molecule has 158 valence electrons. The number of para-hydroxylation sites is 1. The second-order valence-corrected chi connectivity index (χ2v) is 8.71. The third-order valence-electron chi connectivity index (χ3n) is 3.99. The molecule has 0 aliphatic heterocycles. The summed E-state index contributed by atoms with van der Waals surface area (Å²) in [6, 6.07) is 9.62. The van der Waals surface area contributed by atoms with E-state index in [0.717, 1.165) is 0 Å². The minimum absolute atomic E-state index is 0.241. The highest BCUT2D eigenvalue weighted by atomic mass is 79.9. The van der Waals surface area contributed by atoms with Crippen LogP contribution < -0.4 is 14.9 Å². The summed E-state index contributed by atoms with van der Waals surface area (Å²) >= 11 is 9.61. The average Bonchev–Trinajstić information content (AvgIpc) is 2.66. The summed E-state index contributed by atoms with van der Waals surface area (Å²) in [5, 5.41) is 0.702. The number of ether oxygens (including phenoxy) is 3. The number of carbonyl (C=O) groups is 1. The van der Waals surface area contributed by atoms with Gasteiger partial charge >= 0.3 is 5.97 Å².